The van der Waals surface area contributed by atoms with Crippen LogP contribution in [0.2, 0.25) is 0 Å². The first-order valence-corrected chi connectivity index (χ1v) is 9.29. The molecule has 1 N–H and O–H groups in total. The Balaban J connectivity index is 1.59. The van der Waals surface area contributed by atoms with E-state index >= 15 is 0 Å². The summed E-state index contributed by atoms with van der Waals surface area (Å²) in [5, 5.41) is 6.28. The van der Waals surface area contributed by atoms with E-state index in [0.29, 0.717) is 11.3 Å². The van der Waals surface area contributed by atoms with Crippen molar-refractivity contribution in [2.75, 3.05) is 11.9 Å². The molecule has 0 spiro atoms. The molecule has 0 bridgehead atoms. The number of hydrogen-bond donors (Lipinski definition) is 1. The molecule has 25 heavy (non-hydrogen) atoms. The van der Waals surface area contributed by atoms with E-state index in [9.17, 15) is 0 Å². The zero-order valence-electron chi connectivity index (χ0n) is 15.6. The second kappa shape index (κ2) is 7.74. The monoisotopic (exact) mass is 331 g/mol. The third-order valence-electron chi connectivity index (χ3n) is 4.86. The number of anilines is 1. The lowest BCUT2D eigenvalue weighted by molar-refractivity contribution is 0.281. The maximum absolute atomic E-state index is 3.67. The summed E-state index contributed by atoms with van der Waals surface area (Å²) >= 11 is 0. The van der Waals surface area contributed by atoms with Crippen molar-refractivity contribution in [2.24, 2.45) is 11.3 Å². The Morgan fingerprint density at radius 2 is 1.52 bits per heavy atom. The summed E-state index contributed by atoms with van der Waals surface area (Å²) in [4.78, 5) is 0. The Bertz CT molecular complexity index is 799. The SMILES string of the molecule is CC(CNc1cccc2ccccc12)CC(C)(C)Cc1ccccc1. The van der Waals surface area contributed by atoms with E-state index in [1.54, 1.807) is 0 Å². The van der Waals surface area contributed by atoms with E-state index in [4.69, 9.17) is 0 Å². The molecule has 0 aliphatic rings. The van der Waals surface area contributed by atoms with Gasteiger partial charge in [-0.25, -0.2) is 0 Å². The van der Waals surface area contributed by atoms with Gasteiger partial charge in [-0.3, -0.25) is 0 Å². The predicted octanol–water partition coefficient (Wildman–Crippen LogP) is 6.55. The van der Waals surface area contributed by atoms with E-state index in [1.165, 1.54) is 28.4 Å². The molecule has 0 fully saturated rings. The van der Waals surface area contributed by atoms with Crippen LogP contribution in [0.25, 0.3) is 10.8 Å². The average Bonchev–Trinajstić information content (AvgIpc) is 2.60. The normalized spacial score (nSPS) is 12.9. The largest absolute Gasteiger partial charge is 0.384 e. The summed E-state index contributed by atoms with van der Waals surface area (Å²) in [6.45, 7) is 8.12. The molecule has 3 aromatic carbocycles. The number of fused-ring (bicyclic) bond motifs is 1. The highest BCUT2D eigenvalue weighted by Gasteiger charge is 2.21. The van der Waals surface area contributed by atoms with Crippen LogP contribution in [0.3, 0.4) is 0 Å². The number of hydrogen-bond acceptors (Lipinski definition) is 1. The summed E-state index contributed by atoms with van der Waals surface area (Å²) in [5.74, 6) is 0.623. The molecule has 0 amide bonds. The molecule has 3 rings (SSSR count). The fourth-order valence-corrected chi connectivity index (χ4v) is 3.90. The van der Waals surface area contributed by atoms with Crippen molar-refractivity contribution in [3.63, 3.8) is 0 Å². The lowest BCUT2D eigenvalue weighted by Gasteiger charge is -2.28. The van der Waals surface area contributed by atoms with Crippen molar-refractivity contribution >= 4 is 16.5 Å². The molecule has 0 saturated heterocycles. The van der Waals surface area contributed by atoms with E-state index in [1.807, 2.05) is 0 Å². The van der Waals surface area contributed by atoms with Crippen molar-refractivity contribution < 1.29 is 0 Å². The van der Waals surface area contributed by atoms with E-state index in [2.05, 4.69) is 98.9 Å². The van der Waals surface area contributed by atoms with Crippen molar-refractivity contribution in [3.8, 4) is 0 Å². The predicted molar refractivity (Wildman–Crippen MR) is 110 cm³/mol. The van der Waals surface area contributed by atoms with Gasteiger partial charge in [0.05, 0.1) is 0 Å². The van der Waals surface area contributed by atoms with Crippen LogP contribution >= 0.6 is 0 Å². The van der Waals surface area contributed by atoms with E-state index < -0.39 is 0 Å². The second-order valence-electron chi connectivity index (χ2n) is 8.04. The van der Waals surface area contributed by atoms with Crippen LogP contribution in [0.15, 0.2) is 72.8 Å². The van der Waals surface area contributed by atoms with Crippen LogP contribution in [0.5, 0.6) is 0 Å². The van der Waals surface area contributed by atoms with Crippen LogP contribution in [-0.2, 0) is 6.42 Å². The highest BCUT2D eigenvalue weighted by Crippen LogP contribution is 2.30. The summed E-state index contributed by atoms with van der Waals surface area (Å²) in [7, 11) is 0. The van der Waals surface area contributed by atoms with Crippen molar-refractivity contribution in [2.45, 2.75) is 33.6 Å². The zero-order chi connectivity index (χ0) is 17.7. The molecule has 0 aliphatic carbocycles. The van der Waals surface area contributed by atoms with Gasteiger partial charge in [0.1, 0.15) is 0 Å². The molecule has 3 aromatic rings. The Hall–Kier alpha value is -2.28. The van der Waals surface area contributed by atoms with E-state index in [-0.39, 0.29) is 0 Å². The molecule has 130 valence electrons. The van der Waals surface area contributed by atoms with Gasteiger partial charge in [0.15, 0.2) is 0 Å². The number of nitrogens with one attached hydrogen (secondary N) is 1. The van der Waals surface area contributed by atoms with Crippen LogP contribution in [0.4, 0.5) is 5.69 Å². The third-order valence-corrected chi connectivity index (χ3v) is 4.86. The Morgan fingerprint density at radius 1 is 0.840 bits per heavy atom. The smallest absolute Gasteiger partial charge is 0.0419 e. The van der Waals surface area contributed by atoms with Crippen LogP contribution in [0, 0.1) is 11.3 Å². The molecule has 0 saturated carbocycles. The van der Waals surface area contributed by atoms with Gasteiger partial charge in [0.25, 0.3) is 0 Å². The first kappa shape index (κ1) is 17.5. The molecular formula is C24H29N. The highest BCUT2D eigenvalue weighted by molar-refractivity contribution is 5.93. The molecule has 1 heteroatoms. The maximum atomic E-state index is 3.67. The van der Waals surface area contributed by atoms with Gasteiger partial charge in [-0.2, -0.15) is 0 Å². The minimum absolute atomic E-state index is 0.307. The van der Waals surface area contributed by atoms with Crippen molar-refractivity contribution in [3.05, 3.63) is 78.4 Å². The Morgan fingerprint density at radius 3 is 2.32 bits per heavy atom. The van der Waals surface area contributed by atoms with Gasteiger partial charge in [-0.15, -0.1) is 0 Å². The minimum atomic E-state index is 0.307. The zero-order valence-corrected chi connectivity index (χ0v) is 15.6. The van der Waals surface area contributed by atoms with Crippen LogP contribution in [-0.4, -0.2) is 6.54 Å². The molecule has 1 unspecified atom stereocenters. The van der Waals surface area contributed by atoms with Gasteiger partial charge in [0, 0.05) is 17.6 Å². The summed E-state index contributed by atoms with van der Waals surface area (Å²) in [6, 6.07) is 25.9. The maximum Gasteiger partial charge on any atom is 0.0419 e. The third kappa shape index (κ3) is 4.85. The molecule has 0 radical (unpaired) electrons. The molecule has 0 aromatic heterocycles. The van der Waals surface area contributed by atoms with Crippen molar-refractivity contribution in [1.29, 1.82) is 0 Å². The summed E-state index contributed by atoms with van der Waals surface area (Å²) in [5.41, 5.74) is 2.98. The topological polar surface area (TPSA) is 12.0 Å². The Labute approximate surface area is 152 Å². The highest BCUT2D eigenvalue weighted by atomic mass is 14.9. The molecule has 1 atom stereocenters. The van der Waals surface area contributed by atoms with Crippen molar-refractivity contribution in [1.82, 2.24) is 0 Å². The standard InChI is InChI=1S/C24H29N/c1-19(16-24(2,3)17-20-10-5-4-6-11-20)18-25-23-15-9-13-21-12-7-8-14-22(21)23/h4-15,19,25H,16-18H2,1-3H3. The second-order valence-corrected chi connectivity index (χ2v) is 8.04. The molecule has 0 heterocycles. The first-order chi connectivity index (χ1) is 12.0. The van der Waals surface area contributed by atoms with Gasteiger partial charge < -0.3 is 5.32 Å². The lowest BCUT2D eigenvalue weighted by Crippen LogP contribution is -2.22. The fourth-order valence-electron chi connectivity index (χ4n) is 3.90. The quantitative estimate of drug-likeness (QED) is 0.518. The van der Waals surface area contributed by atoms with Gasteiger partial charge in [0.2, 0.25) is 0 Å². The minimum Gasteiger partial charge on any atom is -0.384 e. The van der Waals surface area contributed by atoms with Gasteiger partial charge in [-0.1, -0.05) is 87.5 Å². The lowest BCUT2D eigenvalue weighted by atomic mass is 9.78. The average molecular weight is 332 g/mol. The summed E-state index contributed by atoms with van der Waals surface area (Å²) < 4.78 is 0. The fraction of sp³-hybridized carbons (Fsp3) is 0.333. The molecule has 1 nitrogen and oxygen atoms in total. The van der Waals surface area contributed by atoms with Gasteiger partial charge >= 0.3 is 0 Å². The van der Waals surface area contributed by atoms with Crippen LogP contribution in [0.1, 0.15) is 32.8 Å². The summed E-state index contributed by atoms with van der Waals surface area (Å²) in [6.07, 6.45) is 2.34. The van der Waals surface area contributed by atoms with E-state index in [0.717, 1.165) is 13.0 Å². The number of benzene rings is 3. The molecular weight excluding hydrogens is 302 g/mol. The van der Waals surface area contributed by atoms with Gasteiger partial charge in [-0.05, 0) is 41.2 Å². The number of rotatable bonds is 7. The Kier molecular flexibility index (Phi) is 5.43. The molecule has 0 aliphatic heterocycles. The van der Waals surface area contributed by atoms with Crippen LogP contribution < -0.4 is 5.32 Å². The first-order valence-electron chi connectivity index (χ1n) is 9.29.